The Morgan fingerprint density at radius 2 is 2.06 bits per heavy atom. The van der Waals surface area contributed by atoms with Gasteiger partial charge in [-0.1, -0.05) is 34.6 Å². The molecular formula is C12H13BrN2O. The second-order valence-corrected chi connectivity index (χ2v) is 4.36. The predicted octanol–water partition coefficient (Wildman–Crippen LogP) is 2.31. The van der Waals surface area contributed by atoms with E-state index in [1.165, 1.54) is 6.08 Å². The van der Waals surface area contributed by atoms with Gasteiger partial charge >= 0.3 is 0 Å². The molecule has 3 N–H and O–H groups in total. The monoisotopic (exact) mass is 280 g/mol. The van der Waals surface area contributed by atoms with Gasteiger partial charge in [-0.3, -0.25) is 4.79 Å². The van der Waals surface area contributed by atoms with E-state index in [1.54, 1.807) is 18.2 Å². The molecule has 1 aromatic carbocycles. The Morgan fingerprint density at radius 3 is 2.62 bits per heavy atom. The highest BCUT2D eigenvalue weighted by molar-refractivity contribution is 9.11. The van der Waals surface area contributed by atoms with Crippen LogP contribution < -0.4 is 11.1 Å². The Morgan fingerprint density at radius 1 is 1.44 bits per heavy atom. The maximum Gasteiger partial charge on any atom is 0.244 e. The molecule has 0 radical (unpaired) electrons. The zero-order chi connectivity index (χ0) is 12.0. The van der Waals surface area contributed by atoms with E-state index in [9.17, 15) is 4.79 Å². The molecule has 0 bridgehead atoms. The average molecular weight is 281 g/mol. The zero-order valence-corrected chi connectivity index (χ0v) is 10.3. The lowest BCUT2D eigenvalue weighted by molar-refractivity contribution is -0.116. The fourth-order valence-electron chi connectivity index (χ4n) is 1.02. The number of anilines is 1. The smallest absolute Gasteiger partial charge is 0.244 e. The Hall–Kier alpha value is -1.55. The summed E-state index contributed by atoms with van der Waals surface area (Å²) in [6.45, 7) is 4.04. The Balaban J connectivity index is 2.50. The van der Waals surface area contributed by atoms with E-state index in [0.29, 0.717) is 12.2 Å². The largest absolute Gasteiger partial charge is 0.399 e. The van der Waals surface area contributed by atoms with Gasteiger partial charge in [-0.15, -0.1) is 0 Å². The first-order valence-electron chi connectivity index (χ1n) is 4.72. The van der Waals surface area contributed by atoms with Crippen LogP contribution in [0, 0.1) is 0 Å². The highest BCUT2D eigenvalue weighted by Crippen LogP contribution is 2.06. The Kier molecular flexibility index (Phi) is 4.79. The predicted molar refractivity (Wildman–Crippen MR) is 71.0 cm³/mol. The SMILES string of the molecule is C=C(Br)CNC(=O)/C=C/c1ccc(N)cc1. The summed E-state index contributed by atoms with van der Waals surface area (Å²) >= 11 is 3.16. The maximum absolute atomic E-state index is 11.3. The summed E-state index contributed by atoms with van der Waals surface area (Å²) < 4.78 is 0.738. The number of hydrogen-bond donors (Lipinski definition) is 2. The van der Waals surface area contributed by atoms with Crippen LogP contribution in [0.5, 0.6) is 0 Å². The lowest BCUT2D eigenvalue weighted by atomic mass is 10.2. The van der Waals surface area contributed by atoms with Gasteiger partial charge in [-0.25, -0.2) is 0 Å². The van der Waals surface area contributed by atoms with Crippen molar-refractivity contribution in [1.29, 1.82) is 0 Å². The molecule has 1 amide bonds. The number of nitrogens with two attached hydrogens (primary N) is 1. The number of rotatable bonds is 4. The minimum atomic E-state index is -0.155. The number of nitrogen functional groups attached to an aromatic ring is 1. The number of nitrogens with one attached hydrogen (secondary N) is 1. The molecular weight excluding hydrogens is 268 g/mol. The van der Waals surface area contributed by atoms with E-state index in [4.69, 9.17) is 5.73 Å². The van der Waals surface area contributed by atoms with Gasteiger partial charge < -0.3 is 11.1 Å². The second-order valence-electron chi connectivity index (χ2n) is 3.24. The van der Waals surface area contributed by atoms with Crippen molar-refractivity contribution in [2.45, 2.75) is 0 Å². The van der Waals surface area contributed by atoms with Crippen LogP contribution in [0.1, 0.15) is 5.56 Å². The van der Waals surface area contributed by atoms with E-state index in [-0.39, 0.29) is 5.91 Å². The molecule has 16 heavy (non-hydrogen) atoms. The van der Waals surface area contributed by atoms with Gasteiger partial charge in [0.1, 0.15) is 0 Å². The molecule has 0 heterocycles. The van der Waals surface area contributed by atoms with Crippen LogP contribution in [0.25, 0.3) is 6.08 Å². The van der Waals surface area contributed by atoms with Crippen molar-refractivity contribution in [3.63, 3.8) is 0 Å². The first kappa shape index (κ1) is 12.5. The molecule has 0 fully saturated rings. The highest BCUT2D eigenvalue weighted by atomic mass is 79.9. The maximum atomic E-state index is 11.3. The van der Waals surface area contributed by atoms with Gasteiger partial charge in [-0.2, -0.15) is 0 Å². The van der Waals surface area contributed by atoms with Crippen molar-refractivity contribution in [1.82, 2.24) is 5.32 Å². The molecule has 0 unspecified atom stereocenters. The first-order valence-corrected chi connectivity index (χ1v) is 5.52. The Bertz CT molecular complexity index is 410. The molecule has 0 saturated carbocycles. The van der Waals surface area contributed by atoms with Crippen LogP contribution in [0.2, 0.25) is 0 Å². The quantitative estimate of drug-likeness (QED) is 0.657. The van der Waals surface area contributed by atoms with E-state index >= 15 is 0 Å². The normalized spacial score (nSPS) is 10.3. The summed E-state index contributed by atoms with van der Waals surface area (Å²) in [6.07, 6.45) is 3.20. The van der Waals surface area contributed by atoms with Crippen LogP contribution in [-0.4, -0.2) is 12.5 Å². The fourth-order valence-corrected chi connectivity index (χ4v) is 1.16. The number of carbonyl (C=O) groups excluding carboxylic acids is 1. The summed E-state index contributed by atoms with van der Waals surface area (Å²) in [5, 5.41) is 2.67. The molecule has 3 nitrogen and oxygen atoms in total. The fraction of sp³-hybridized carbons (Fsp3) is 0.0833. The number of benzene rings is 1. The van der Waals surface area contributed by atoms with Crippen molar-refractivity contribution in [3.05, 3.63) is 47.0 Å². The number of hydrogen-bond acceptors (Lipinski definition) is 2. The molecule has 0 saturated heterocycles. The third-order valence-electron chi connectivity index (χ3n) is 1.82. The van der Waals surface area contributed by atoms with Crippen LogP contribution in [0.4, 0.5) is 5.69 Å². The van der Waals surface area contributed by atoms with Crippen LogP contribution in [0.3, 0.4) is 0 Å². The third kappa shape index (κ3) is 4.79. The molecule has 0 spiro atoms. The molecule has 1 rings (SSSR count). The van der Waals surface area contributed by atoms with Gasteiger partial charge in [0.25, 0.3) is 0 Å². The summed E-state index contributed by atoms with van der Waals surface area (Å²) in [7, 11) is 0. The summed E-state index contributed by atoms with van der Waals surface area (Å²) in [4.78, 5) is 11.3. The van der Waals surface area contributed by atoms with Gasteiger partial charge in [0, 0.05) is 22.8 Å². The van der Waals surface area contributed by atoms with Crippen LogP contribution >= 0.6 is 15.9 Å². The van der Waals surface area contributed by atoms with E-state index in [1.807, 2.05) is 12.1 Å². The molecule has 1 aromatic rings. The molecule has 0 atom stereocenters. The first-order chi connectivity index (χ1) is 7.58. The van der Waals surface area contributed by atoms with Crippen molar-refractivity contribution in [2.75, 3.05) is 12.3 Å². The van der Waals surface area contributed by atoms with Gasteiger partial charge in [-0.05, 0) is 23.8 Å². The van der Waals surface area contributed by atoms with Gasteiger partial charge in [0.2, 0.25) is 5.91 Å². The van der Waals surface area contributed by atoms with Crippen LogP contribution in [0.15, 0.2) is 41.4 Å². The lowest BCUT2D eigenvalue weighted by Crippen LogP contribution is -2.21. The molecule has 0 aliphatic carbocycles. The zero-order valence-electron chi connectivity index (χ0n) is 8.74. The van der Waals surface area contributed by atoms with E-state index < -0.39 is 0 Å². The van der Waals surface area contributed by atoms with Crippen LogP contribution in [-0.2, 0) is 4.79 Å². The minimum absolute atomic E-state index is 0.155. The van der Waals surface area contributed by atoms with Crippen molar-refractivity contribution in [3.8, 4) is 0 Å². The molecule has 0 aliphatic rings. The minimum Gasteiger partial charge on any atom is -0.399 e. The van der Waals surface area contributed by atoms with E-state index in [0.717, 1.165) is 10.0 Å². The van der Waals surface area contributed by atoms with Crippen molar-refractivity contribution >= 4 is 33.6 Å². The average Bonchev–Trinajstić information content (AvgIpc) is 2.25. The third-order valence-corrected chi connectivity index (χ3v) is 2.10. The van der Waals surface area contributed by atoms with Gasteiger partial charge in [0.15, 0.2) is 0 Å². The second kappa shape index (κ2) is 6.12. The van der Waals surface area contributed by atoms with Gasteiger partial charge in [0.05, 0.1) is 0 Å². The molecule has 0 aliphatic heterocycles. The summed E-state index contributed by atoms with van der Waals surface area (Å²) in [5.41, 5.74) is 7.18. The molecule has 84 valence electrons. The topological polar surface area (TPSA) is 55.1 Å². The van der Waals surface area contributed by atoms with Crippen molar-refractivity contribution < 1.29 is 4.79 Å². The Labute approximate surface area is 103 Å². The van der Waals surface area contributed by atoms with E-state index in [2.05, 4.69) is 27.8 Å². The summed E-state index contributed by atoms with van der Waals surface area (Å²) in [5.74, 6) is -0.155. The highest BCUT2D eigenvalue weighted by Gasteiger charge is 1.94. The summed E-state index contributed by atoms with van der Waals surface area (Å²) in [6, 6.07) is 7.28. The van der Waals surface area contributed by atoms with Crippen molar-refractivity contribution in [2.24, 2.45) is 0 Å². The lowest BCUT2D eigenvalue weighted by Gasteiger charge is -1.99. The number of halogens is 1. The number of amides is 1. The molecule has 4 heteroatoms. The standard InChI is InChI=1S/C12H13BrN2O/c1-9(13)8-15-12(16)7-4-10-2-5-11(14)6-3-10/h2-7H,1,8,14H2,(H,15,16)/b7-4+. The number of carbonyl (C=O) groups is 1. The molecule has 0 aromatic heterocycles.